The number of fused-ring (bicyclic) bond motifs is 1. The maximum Gasteiger partial charge on any atom is 0.338 e. The lowest BCUT2D eigenvalue weighted by molar-refractivity contribution is -0.385. The van der Waals surface area contributed by atoms with Gasteiger partial charge in [0.2, 0.25) is 0 Å². The van der Waals surface area contributed by atoms with Crippen molar-refractivity contribution in [2.45, 2.75) is 26.8 Å². The van der Waals surface area contributed by atoms with Crippen molar-refractivity contribution in [3.05, 3.63) is 106 Å². The van der Waals surface area contributed by atoms with Crippen LogP contribution in [0, 0.1) is 17.0 Å². The van der Waals surface area contributed by atoms with Gasteiger partial charge in [0.05, 0.1) is 41.6 Å². The molecule has 0 N–H and O–H groups in total. The molecule has 1 aliphatic rings. The fourth-order valence-corrected chi connectivity index (χ4v) is 5.95. The lowest BCUT2D eigenvalue weighted by Gasteiger charge is -2.26. The summed E-state index contributed by atoms with van der Waals surface area (Å²) >= 11 is 1.15. The molecule has 1 aliphatic heterocycles. The van der Waals surface area contributed by atoms with Gasteiger partial charge in [-0.3, -0.25) is 19.5 Å². The molecule has 0 fully saturated rings. The van der Waals surface area contributed by atoms with Crippen molar-refractivity contribution in [3.8, 4) is 22.8 Å². The van der Waals surface area contributed by atoms with Gasteiger partial charge in [-0.1, -0.05) is 23.5 Å². The molecule has 216 valence electrons. The van der Waals surface area contributed by atoms with Gasteiger partial charge in [0.1, 0.15) is 29.1 Å². The second-order valence-corrected chi connectivity index (χ2v) is 10.3. The number of aromatic nitrogens is 1. The zero-order valence-electron chi connectivity index (χ0n) is 23.5. The molecule has 2 aromatic carbocycles. The summed E-state index contributed by atoms with van der Waals surface area (Å²) in [6.07, 6.45) is 1.59. The van der Waals surface area contributed by atoms with Crippen LogP contribution in [0.1, 0.15) is 36.8 Å². The minimum absolute atomic E-state index is 0.0134. The van der Waals surface area contributed by atoms with Crippen LogP contribution in [0.4, 0.5) is 5.69 Å². The van der Waals surface area contributed by atoms with E-state index >= 15 is 0 Å². The smallest absolute Gasteiger partial charge is 0.338 e. The van der Waals surface area contributed by atoms with E-state index < -0.39 is 16.9 Å². The highest BCUT2D eigenvalue weighted by Gasteiger charge is 2.35. The molecule has 0 radical (unpaired) electrons. The summed E-state index contributed by atoms with van der Waals surface area (Å²) in [5, 5.41) is 11.4. The van der Waals surface area contributed by atoms with Crippen molar-refractivity contribution in [1.82, 2.24) is 4.57 Å². The third-order valence-corrected chi connectivity index (χ3v) is 7.90. The molecule has 12 heteroatoms. The Bertz CT molecular complexity index is 1930. The van der Waals surface area contributed by atoms with Crippen LogP contribution in [-0.4, -0.2) is 36.3 Å². The Morgan fingerprint density at radius 3 is 2.64 bits per heavy atom. The molecule has 0 spiro atoms. The highest BCUT2D eigenvalue weighted by Crippen LogP contribution is 2.37. The van der Waals surface area contributed by atoms with Gasteiger partial charge >= 0.3 is 5.97 Å². The Labute approximate surface area is 243 Å². The van der Waals surface area contributed by atoms with Crippen molar-refractivity contribution in [2.24, 2.45) is 4.99 Å². The molecule has 42 heavy (non-hydrogen) atoms. The van der Waals surface area contributed by atoms with Crippen LogP contribution in [-0.2, 0) is 9.53 Å². The van der Waals surface area contributed by atoms with Crippen LogP contribution >= 0.6 is 11.3 Å². The lowest BCUT2D eigenvalue weighted by Crippen LogP contribution is -2.40. The maximum absolute atomic E-state index is 13.9. The summed E-state index contributed by atoms with van der Waals surface area (Å²) in [4.78, 5) is 43.0. The monoisotopic (exact) mass is 589 g/mol. The number of ether oxygens (including phenoxy) is 3. The molecular weight excluding hydrogens is 562 g/mol. The summed E-state index contributed by atoms with van der Waals surface area (Å²) in [6.45, 7) is 5.22. The predicted molar refractivity (Wildman–Crippen MR) is 155 cm³/mol. The average molecular weight is 590 g/mol. The van der Waals surface area contributed by atoms with Gasteiger partial charge in [-0.05, 0) is 45.0 Å². The predicted octanol–water partition coefficient (Wildman–Crippen LogP) is 4.29. The fraction of sp³-hybridized carbons (Fsp3) is 0.233. The molecule has 0 unspecified atom stereocenters. The van der Waals surface area contributed by atoms with E-state index in [0.717, 1.165) is 11.3 Å². The lowest BCUT2D eigenvalue weighted by atomic mass is 9.95. The number of nitrogens with zero attached hydrogens (tertiary/aromatic N) is 3. The van der Waals surface area contributed by atoms with Crippen LogP contribution in [0.2, 0.25) is 0 Å². The molecule has 0 bridgehead atoms. The quantitative estimate of drug-likeness (QED) is 0.169. The number of thiazole rings is 1. The number of hydrogen-bond donors (Lipinski definition) is 0. The Morgan fingerprint density at radius 2 is 1.95 bits per heavy atom. The maximum atomic E-state index is 13.9. The van der Waals surface area contributed by atoms with Crippen LogP contribution in [0.5, 0.6) is 11.5 Å². The summed E-state index contributed by atoms with van der Waals surface area (Å²) in [5.41, 5.74) is 1.85. The van der Waals surface area contributed by atoms with Crippen LogP contribution in [0.15, 0.2) is 74.0 Å². The van der Waals surface area contributed by atoms with E-state index in [2.05, 4.69) is 4.99 Å². The first-order chi connectivity index (χ1) is 20.2. The summed E-state index contributed by atoms with van der Waals surface area (Å²) < 4.78 is 24.1. The number of nitro groups is 1. The van der Waals surface area contributed by atoms with Crippen molar-refractivity contribution in [1.29, 1.82) is 0 Å². The van der Waals surface area contributed by atoms with Gasteiger partial charge < -0.3 is 18.6 Å². The van der Waals surface area contributed by atoms with E-state index in [1.165, 1.54) is 24.9 Å². The topological polar surface area (TPSA) is 135 Å². The second kappa shape index (κ2) is 11.5. The third kappa shape index (κ3) is 5.00. The SMILES string of the molecule is CCOC(=O)C1=C(C)N=c2s/c(=C\c3ccc(-c4cccc([N+](=O)[O-])c4C)o3)c(=O)n2[C@@H]1c1ccc(OC)cc1OC. The molecule has 2 aromatic heterocycles. The molecule has 4 aromatic rings. The van der Waals surface area contributed by atoms with Gasteiger partial charge in [0.25, 0.3) is 11.2 Å². The Morgan fingerprint density at radius 1 is 1.17 bits per heavy atom. The first kappa shape index (κ1) is 28.6. The van der Waals surface area contributed by atoms with Gasteiger partial charge in [0.15, 0.2) is 4.80 Å². The number of carbonyl (C=O) groups is 1. The Balaban J connectivity index is 1.66. The first-order valence-electron chi connectivity index (χ1n) is 12.9. The molecule has 3 heterocycles. The van der Waals surface area contributed by atoms with Crippen LogP contribution in [0.25, 0.3) is 17.4 Å². The fourth-order valence-electron chi connectivity index (χ4n) is 4.92. The minimum Gasteiger partial charge on any atom is -0.497 e. The van der Waals surface area contributed by atoms with E-state index in [-0.39, 0.29) is 23.4 Å². The summed E-state index contributed by atoms with van der Waals surface area (Å²) in [6, 6.07) is 12.4. The number of methoxy groups -OCH3 is 2. The average Bonchev–Trinajstić information content (AvgIpc) is 3.55. The molecule has 0 saturated carbocycles. The number of allylic oxidation sites excluding steroid dienone is 1. The van der Waals surface area contributed by atoms with Gasteiger partial charge in [-0.2, -0.15) is 0 Å². The molecule has 1 atom stereocenters. The van der Waals surface area contributed by atoms with Crippen molar-refractivity contribution >= 4 is 29.1 Å². The number of hydrogen-bond acceptors (Lipinski definition) is 10. The largest absolute Gasteiger partial charge is 0.497 e. The number of furan rings is 1. The minimum atomic E-state index is -0.872. The van der Waals surface area contributed by atoms with E-state index in [1.54, 1.807) is 69.3 Å². The Hall–Kier alpha value is -4.97. The molecule has 0 saturated heterocycles. The normalized spacial score (nSPS) is 14.8. The Kier molecular flexibility index (Phi) is 7.81. The molecule has 0 amide bonds. The zero-order chi connectivity index (χ0) is 30.1. The first-order valence-corrected chi connectivity index (χ1v) is 13.8. The van der Waals surface area contributed by atoms with Crippen LogP contribution in [0.3, 0.4) is 0 Å². The van der Waals surface area contributed by atoms with Crippen molar-refractivity contribution in [3.63, 3.8) is 0 Å². The van der Waals surface area contributed by atoms with Crippen molar-refractivity contribution in [2.75, 3.05) is 20.8 Å². The van der Waals surface area contributed by atoms with Crippen LogP contribution < -0.4 is 24.4 Å². The number of rotatable bonds is 8. The second-order valence-electron chi connectivity index (χ2n) is 9.32. The van der Waals surface area contributed by atoms with E-state index in [1.807, 2.05) is 0 Å². The zero-order valence-corrected chi connectivity index (χ0v) is 24.3. The molecule has 11 nitrogen and oxygen atoms in total. The summed E-state index contributed by atoms with van der Waals surface area (Å²) in [7, 11) is 3.03. The van der Waals surface area contributed by atoms with Gasteiger partial charge in [-0.25, -0.2) is 9.79 Å². The highest BCUT2D eigenvalue weighted by atomic mass is 32.1. The van der Waals surface area contributed by atoms with E-state index in [0.29, 0.717) is 54.7 Å². The number of carbonyl (C=O) groups excluding carboxylic acids is 1. The summed E-state index contributed by atoms with van der Waals surface area (Å²) in [5.74, 6) is 1.19. The molecular formula is C30H27N3O8S. The van der Waals surface area contributed by atoms with E-state index in [4.69, 9.17) is 18.6 Å². The van der Waals surface area contributed by atoms with Gasteiger partial charge in [-0.15, -0.1) is 0 Å². The molecule has 5 rings (SSSR count). The highest BCUT2D eigenvalue weighted by molar-refractivity contribution is 7.07. The van der Waals surface area contributed by atoms with E-state index in [9.17, 15) is 19.7 Å². The third-order valence-electron chi connectivity index (χ3n) is 6.92. The van der Waals surface area contributed by atoms with Gasteiger partial charge in [0, 0.05) is 34.9 Å². The number of nitro benzene ring substituents is 1. The number of esters is 1. The van der Waals surface area contributed by atoms with Crippen molar-refractivity contribution < 1.29 is 28.3 Å². The number of benzene rings is 2. The standard InChI is InChI=1S/C30H27N3O8S/c1-6-40-29(35)26-17(3)31-30-32(27(26)21-12-10-18(38-4)14-24(21)39-5)28(34)25(42-30)15-19-11-13-23(41-19)20-8-7-9-22(16(20)2)33(36)37/h7-15,27H,6H2,1-5H3/b25-15-/t27-/m1/s1. The molecule has 0 aliphatic carbocycles.